The van der Waals surface area contributed by atoms with E-state index in [1.807, 2.05) is 36.4 Å². The van der Waals surface area contributed by atoms with Crippen molar-refractivity contribution in [3.05, 3.63) is 169 Å². The first-order chi connectivity index (χ1) is 25.8. The molecule has 1 aliphatic carbocycles. The molecule has 2 aromatic heterocycles. The number of benzene rings is 7. The number of rotatable bonds is 4. The summed E-state index contributed by atoms with van der Waals surface area (Å²) in [6.07, 6.45) is 0. The van der Waals surface area contributed by atoms with Crippen molar-refractivity contribution in [3.8, 4) is 51.0 Å². The maximum atomic E-state index is 5.16. The minimum absolute atomic E-state index is 0.0936. The molecule has 0 aliphatic heterocycles. The SMILES string of the molecule is CC1(C)c2ccc3ccccc3c2-c2c(ccc3c2c2ccccc2n3-c2ccccc2-c2nc(-c3ccccc3)nc(-c3ccccc3)n2)C1(C)C. The molecule has 0 spiro atoms. The molecule has 0 saturated carbocycles. The average Bonchev–Trinajstić information content (AvgIpc) is 3.54. The molecule has 2 heterocycles. The predicted octanol–water partition coefficient (Wildman–Crippen LogP) is 12.4. The number of fused-ring (bicyclic) bond motifs is 9. The maximum Gasteiger partial charge on any atom is 0.166 e. The molecule has 4 nitrogen and oxygen atoms in total. The number of para-hydroxylation sites is 2. The second-order valence-corrected chi connectivity index (χ2v) is 15.2. The fraction of sp³-hybridized carbons (Fsp3) is 0.122. The van der Waals surface area contributed by atoms with Gasteiger partial charge in [-0.15, -0.1) is 0 Å². The Morgan fingerprint density at radius 3 is 1.64 bits per heavy atom. The van der Waals surface area contributed by atoms with E-state index in [2.05, 4.69) is 154 Å². The van der Waals surface area contributed by atoms with Crippen LogP contribution in [0.5, 0.6) is 0 Å². The van der Waals surface area contributed by atoms with Crippen LogP contribution < -0.4 is 0 Å². The van der Waals surface area contributed by atoms with E-state index in [1.165, 1.54) is 43.8 Å². The van der Waals surface area contributed by atoms with Crippen LogP contribution in [0.3, 0.4) is 0 Å². The Morgan fingerprint density at radius 1 is 0.415 bits per heavy atom. The molecule has 0 atom stereocenters. The van der Waals surface area contributed by atoms with Crippen LogP contribution in [0.2, 0.25) is 0 Å². The Balaban J connectivity index is 1.30. The lowest BCUT2D eigenvalue weighted by molar-refractivity contribution is 0.300. The minimum atomic E-state index is -0.125. The van der Waals surface area contributed by atoms with Gasteiger partial charge in [0.2, 0.25) is 0 Å². The first-order valence-corrected chi connectivity index (χ1v) is 18.4. The Labute approximate surface area is 309 Å². The molecular formula is C49H38N4. The molecule has 0 N–H and O–H groups in total. The minimum Gasteiger partial charge on any atom is -0.308 e. The third-order valence-corrected chi connectivity index (χ3v) is 12.0. The second-order valence-electron chi connectivity index (χ2n) is 15.2. The Kier molecular flexibility index (Phi) is 6.84. The van der Waals surface area contributed by atoms with Crippen molar-refractivity contribution in [2.24, 2.45) is 0 Å². The molecule has 0 radical (unpaired) electrons. The van der Waals surface area contributed by atoms with Crippen molar-refractivity contribution in [1.29, 1.82) is 0 Å². The van der Waals surface area contributed by atoms with Crippen LogP contribution in [-0.2, 0) is 10.8 Å². The number of aromatic nitrogens is 4. The Bertz CT molecular complexity index is 2820. The monoisotopic (exact) mass is 682 g/mol. The number of nitrogens with zero attached hydrogens (tertiary/aromatic N) is 4. The van der Waals surface area contributed by atoms with Gasteiger partial charge in [-0.1, -0.05) is 161 Å². The zero-order valence-electron chi connectivity index (χ0n) is 30.3. The molecule has 1 aliphatic rings. The lowest BCUT2D eigenvalue weighted by Crippen LogP contribution is -2.43. The van der Waals surface area contributed by atoms with Crippen molar-refractivity contribution in [3.63, 3.8) is 0 Å². The highest BCUT2D eigenvalue weighted by atomic mass is 15.1. The standard InChI is InChI=1S/C49H38N4/c1-48(2)37-28-27-31-17-11-12-22-34(31)42(37)44-38(49(48,3)4)29-30-41-43(44)35-23-13-15-25-39(35)53(41)40-26-16-14-24-36(40)47-51-45(32-18-7-5-8-19-32)50-46(52-47)33-20-9-6-10-21-33/h5-30H,1-4H3. The second kappa shape index (κ2) is 11.6. The maximum absolute atomic E-state index is 5.16. The van der Waals surface area contributed by atoms with Gasteiger partial charge in [-0.05, 0) is 68.1 Å². The highest BCUT2D eigenvalue weighted by molar-refractivity contribution is 6.20. The molecular weight excluding hydrogens is 645 g/mol. The molecule has 0 unspecified atom stereocenters. The van der Waals surface area contributed by atoms with E-state index >= 15 is 0 Å². The Hall–Kier alpha value is -6.39. The van der Waals surface area contributed by atoms with Crippen LogP contribution in [0.15, 0.2) is 158 Å². The summed E-state index contributed by atoms with van der Waals surface area (Å²) in [5, 5.41) is 5.07. The summed E-state index contributed by atoms with van der Waals surface area (Å²) in [7, 11) is 0. The van der Waals surface area contributed by atoms with E-state index in [4.69, 9.17) is 15.0 Å². The van der Waals surface area contributed by atoms with Gasteiger partial charge < -0.3 is 4.57 Å². The quantitative estimate of drug-likeness (QED) is 0.186. The van der Waals surface area contributed by atoms with Crippen LogP contribution in [0.1, 0.15) is 38.8 Å². The average molecular weight is 683 g/mol. The lowest BCUT2D eigenvalue weighted by atomic mass is 9.54. The van der Waals surface area contributed by atoms with Gasteiger partial charge in [-0.3, -0.25) is 0 Å². The summed E-state index contributed by atoms with van der Waals surface area (Å²) in [5.41, 5.74) is 11.4. The molecule has 0 saturated heterocycles. The molecule has 0 amide bonds. The fourth-order valence-electron chi connectivity index (χ4n) is 8.62. The van der Waals surface area contributed by atoms with E-state index < -0.39 is 0 Å². The van der Waals surface area contributed by atoms with E-state index in [9.17, 15) is 0 Å². The number of hydrogen-bond acceptors (Lipinski definition) is 3. The fourth-order valence-corrected chi connectivity index (χ4v) is 8.62. The van der Waals surface area contributed by atoms with Gasteiger partial charge in [0.15, 0.2) is 17.5 Å². The zero-order chi connectivity index (χ0) is 35.9. The predicted molar refractivity (Wildman–Crippen MR) is 219 cm³/mol. The molecule has 0 fully saturated rings. The van der Waals surface area contributed by atoms with Crippen molar-refractivity contribution in [1.82, 2.24) is 19.5 Å². The van der Waals surface area contributed by atoms with Crippen LogP contribution >= 0.6 is 0 Å². The molecule has 7 aromatic carbocycles. The van der Waals surface area contributed by atoms with Gasteiger partial charge in [-0.2, -0.15) is 0 Å². The Morgan fingerprint density at radius 2 is 0.943 bits per heavy atom. The lowest BCUT2D eigenvalue weighted by Gasteiger charge is -2.48. The third-order valence-electron chi connectivity index (χ3n) is 12.0. The smallest absolute Gasteiger partial charge is 0.166 e. The highest BCUT2D eigenvalue weighted by Gasteiger charge is 2.47. The van der Waals surface area contributed by atoms with Crippen LogP contribution in [0.4, 0.5) is 0 Å². The van der Waals surface area contributed by atoms with Gasteiger partial charge in [0, 0.05) is 27.5 Å². The number of hydrogen-bond donors (Lipinski definition) is 0. The topological polar surface area (TPSA) is 43.6 Å². The largest absolute Gasteiger partial charge is 0.308 e. The van der Waals surface area contributed by atoms with Gasteiger partial charge in [-0.25, -0.2) is 15.0 Å². The van der Waals surface area contributed by atoms with Gasteiger partial charge in [0.05, 0.1) is 16.7 Å². The summed E-state index contributed by atoms with van der Waals surface area (Å²) >= 11 is 0. The van der Waals surface area contributed by atoms with Crippen molar-refractivity contribution < 1.29 is 0 Å². The molecule has 0 bridgehead atoms. The van der Waals surface area contributed by atoms with Crippen LogP contribution in [0.25, 0.3) is 83.6 Å². The molecule has 254 valence electrons. The van der Waals surface area contributed by atoms with Crippen LogP contribution in [-0.4, -0.2) is 19.5 Å². The van der Waals surface area contributed by atoms with Gasteiger partial charge in [0.1, 0.15) is 0 Å². The van der Waals surface area contributed by atoms with E-state index in [0.29, 0.717) is 17.5 Å². The normalized spacial score (nSPS) is 14.3. The van der Waals surface area contributed by atoms with E-state index in [-0.39, 0.29) is 10.8 Å². The zero-order valence-corrected chi connectivity index (χ0v) is 30.3. The van der Waals surface area contributed by atoms with E-state index in [0.717, 1.165) is 33.4 Å². The van der Waals surface area contributed by atoms with Crippen molar-refractivity contribution in [2.45, 2.75) is 38.5 Å². The summed E-state index contributed by atoms with van der Waals surface area (Å²) in [6.45, 7) is 9.66. The summed E-state index contributed by atoms with van der Waals surface area (Å²) < 4.78 is 2.42. The highest BCUT2D eigenvalue weighted by Crippen LogP contribution is 2.58. The third kappa shape index (κ3) is 4.58. The van der Waals surface area contributed by atoms with E-state index in [1.54, 1.807) is 0 Å². The summed E-state index contributed by atoms with van der Waals surface area (Å²) in [4.78, 5) is 15.3. The summed E-state index contributed by atoms with van der Waals surface area (Å²) in [5.74, 6) is 1.93. The van der Waals surface area contributed by atoms with Crippen molar-refractivity contribution in [2.75, 3.05) is 0 Å². The van der Waals surface area contributed by atoms with Crippen molar-refractivity contribution >= 4 is 32.6 Å². The van der Waals surface area contributed by atoms with Gasteiger partial charge >= 0.3 is 0 Å². The van der Waals surface area contributed by atoms with Gasteiger partial charge in [0.25, 0.3) is 0 Å². The van der Waals surface area contributed by atoms with Crippen LogP contribution in [0, 0.1) is 0 Å². The first-order valence-electron chi connectivity index (χ1n) is 18.4. The summed E-state index contributed by atoms with van der Waals surface area (Å²) in [6, 6.07) is 56.0. The molecule has 4 heteroatoms. The molecule has 10 rings (SSSR count). The molecule has 53 heavy (non-hydrogen) atoms. The first kappa shape index (κ1) is 31.4. The molecule has 9 aromatic rings.